The van der Waals surface area contributed by atoms with Crippen molar-refractivity contribution in [3.05, 3.63) is 95.1 Å². The van der Waals surface area contributed by atoms with Gasteiger partial charge in [-0.25, -0.2) is 0 Å². The molecule has 0 spiro atoms. The lowest BCUT2D eigenvalue weighted by atomic mass is 10.1. The summed E-state index contributed by atoms with van der Waals surface area (Å²) < 4.78 is 11.1. The van der Waals surface area contributed by atoms with Gasteiger partial charge in [0.25, 0.3) is 5.91 Å². The van der Waals surface area contributed by atoms with Crippen LogP contribution in [0.1, 0.15) is 27.0 Å². The molecule has 9 heteroatoms. The molecular formula is C27H26N6O3. The zero-order chi connectivity index (χ0) is 24.9. The van der Waals surface area contributed by atoms with Crippen LogP contribution in [-0.4, -0.2) is 34.0 Å². The van der Waals surface area contributed by atoms with Crippen molar-refractivity contribution in [1.29, 1.82) is 0 Å². The smallest absolute Gasteiger partial charge is 0.324 e. The average molecular weight is 483 g/mol. The van der Waals surface area contributed by atoms with Crippen molar-refractivity contribution in [2.75, 3.05) is 23.5 Å². The molecule has 4 aromatic rings. The van der Waals surface area contributed by atoms with Gasteiger partial charge in [0.1, 0.15) is 6.61 Å². The molecule has 0 saturated carbocycles. The highest BCUT2D eigenvalue weighted by molar-refractivity contribution is 6.05. The minimum absolute atomic E-state index is 0.154. The monoisotopic (exact) mass is 482 g/mol. The second kappa shape index (κ2) is 10.3. The van der Waals surface area contributed by atoms with E-state index < -0.39 is 0 Å². The Morgan fingerprint density at radius 2 is 1.58 bits per heavy atom. The Morgan fingerprint density at radius 1 is 0.917 bits per heavy atom. The number of hydrogen-bond acceptors (Lipinski definition) is 8. The first-order valence-corrected chi connectivity index (χ1v) is 11.6. The number of methoxy groups -OCH3 is 1. The molecule has 0 fully saturated rings. The second-order valence-electron chi connectivity index (χ2n) is 8.47. The van der Waals surface area contributed by atoms with Gasteiger partial charge in [0.05, 0.1) is 18.5 Å². The molecule has 9 nitrogen and oxygen atoms in total. The Morgan fingerprint density at radius 3 is 2.28 bits per heavy atom. The number of nitrogen functional groups attached to an aromatic ring is 1. The number of aromatic nitrogens is 3. The fourth-order valence-corrected chi connectivity index (χ4v) is 4.11. The standard InChI is InChI=1S/C27H26N6O3/c1-35-26-31-25(29-21-14-19-6-2-3-7-20(19)15-21)32-27(33-26)36-16-17-10-12-18(13-11-17)24(34)30-23-9-5-4-8-22(23)28/h2-13,21H,14-16,28H2,1H3,(H,30,34)(H,29,31,32,33). The molecule has 1 aliphatic rings. The third-order valence-electron chi connectivity index (χ3n) is 5.95. The summed E-state index contributed by atoms with van der Waals surface area (Å²) in [4.78, 5) is 25.5. The number of benzene rings is 3. The van der Waals surface area contributed by atoms with E-state index in [2.05, 4.69) is 49.9 Å². The maximum Gasteiger partial charge on any atom is 0.324 e. The number of nitrogens with zero attached hydrogens (tertiary/aromatic N) is 3. The number of ether oxygens (including phenoxy) is 2. The number of nitrogens with two attached hydrogens (primary N) is 1. The summed E-state index contributed by atoms with van der Waals surface area (Å²) in [5, 5.41) is 6.18. The minimum Gasteiger partial charge on any atom is -0.467 e. The Labute approximate surface area is 208 Å². The van der Waals surface area contributed by atoms with Gasteiger partial charge < -0.3 is 25.8 Å². The topological polar surface area (TPSA) is 124 Å². The molecule has 1 aromatic heterocycles. The van der Waals surface area contributed by atoms with Crippen LogP contribution in [0.3, 0.4) is 0 Å². The molecule has 0 radical (unpaired) electrons. The molecule has 0 aliphatic heterocycles. The predicted molar refractivity (Wildman–Crippen MR) is 137 cm³/mol. The Hall–Kier alpha value is -4.66. The van der Waals surface area contributed by atoms with Gasteiger partial charge in [-0.1, -0.05) is 48.5 Å². The van der Waals surface area contributed by atoms with E-state index in [4.69, 9.17) is 15.2 Å². The van der Waals surface area contributed by atoms with E-state index in [1.54, 1.807) is 24.3 Å². The van der Waals surface area contributed by atoms with E-state index in [0.29, 0.717) is 22.9 Å². The molecule has 1 heterocycles. The summed E-state index contributed by atoms with van der Waals surface area (Å²) in [5.41, 5.74) is 11.0. The first kappa shape index (κ1) is 23.1. The molecule has 1 aliphatic carbocycles. The largest absolute Gasteiger partial charge is 0.467 e. The van der Waals surface area contributed by atoms with Gasteiger partial charge in [0, 0.05) is 11.6 Å². The zero-order valence-corrected chi connectivity index (χ0v) is 19.8. The third kappa shape index (κ3) is 5.35. The first-order chi connectivity index (χ1) is 17.6. The summed E-state index contributed by atoms with van der Waals surface area (Å²) in [5.74, 6) is 0.161. The molecule has 5 rings (SSSR count). The SMILES string of the molecule is COc1nc(NC2Cc3ccccc3C2)nc(OCc2ccc(C(=O)Nc3ccccc3N)cc2)n1. The maximum atomic E-state index is 12.5. The van der Waals surface area contributed by atoms with Crippen LogP contribution in [0.5, 0.6) is 12.0 Å². The van der Waals surface area contributed by atoms with E-state index in [0.717, 1.165) is 18.4 Å². The highest BCUT2D eigenvalue weighted by Crippen LogP contribution is 2.24. The van der Waals surface area contributed by atoms with Crippen LogP contribution in [0.25, 0.3) is 0 Å². The van der Waals surface area contributed by atoms with Gasteiger partial charge in [-0.05, 0) is 53.8 Å². The van der Waals surface area contributed by atoms with Crippen molar-refractivity contribution < 1.29 is 14.3 Å². The van der Waals surface area contributed by atoms with Crippen molar-refractivity contribution in [3.8, 4) is 12.0 Å². The molecule has 36 heavy (non-hydrogen) atoms. The average Bonchev–Trinajstić information content (AvgIpc) is 3.31. The van der Waals surface area contributed by atoms with Crippen LogP contribution in [-0.2, 0) is 19.4 Å². The predicted octanol–water partition coefficient (Wildman–Crippen LogP) is 3.87. The minimum atomic E-state index is -0.243. The first-order valence-electron chi connectivity index (χ1n) is 11.6. The lowest BCUT2D eigenvalue weighted by molar-refractivity contribution is 0.102. The van der Waals surface area contributed by atoms with Crippen molar-refractivity contribution >= 4 is 23.2 Å². The maximum absolute atomic E-state index is 12.5. The number of nitrogens with one attached hydrogen (secondary N) is 2. The van der Waals surface area contributed by atoms with Crippen LogP contribution in [0.2, 0.25) is 0 Å². The number of rotatable bonds is 8. The fourth-order valence-electron chi connectivity index (χ4n) is 4.11. The molecule has 3 aromatic carbocycles. The fraction of sp³-hybridized carbons (Fsp3) is 0.185. The Kier molecular flexibility index (Phi) is 6.61. The molecular weight excluding hydrogens is 456 g/mol. The van der Waals surface area contributed by atoms with E-state index in [1.165, 1.54) is 18.2 Å². The van der Waals surface area contributed by atoms with Crippen LogP contribution in [0.15, 0.2) is 72.8 Å². The van der Waals surface area contributed by atoms with Crippen LogP contribution in [0.4, 0.5) is 17.3 Å². The molecule has 0 saturated heterocycles. The number of hydrogen-bond donors (Lipinski definition) is 3. The van der Waals surface area contributed by atoms with Crippen LogP contribution < -0.4 is 25.8 Å². The van der Waals surface area contributed by atoms with Crippen LogP contribution >= 0.6 is 0 Å². The summed E-state index contributed by atoms with van der Waals surface area (Å²) in [6.45, 7) is 0.217. The summed E-state index contributed by atoms with van der Waals surface area (Å²) in [7, 11) is 1.50. The summed E-state index contributed by atoms with van der Waals surface area (Å²) in [6, 6.07) is 23.1. The number of carbonyl (C=O) groups excluding carboxylic acids is 1. The van der Waals surface area contributed by atoms with E-state index >= 15 is 0 Å². The highest BCUT2D eigenvalue weighted by Gasteiger charge is 2.22. The van der Waals surface area contributed by atoms with Gasteiger partial charge in [-0.3, -0.25) is 4.79 Å². The van der Waals surface area contributed by atoms with Crippen molar-refractivity contribution in [2.24, 2.45) is 0 Å². The van der Waals surface area contributed by atoms with Crippen molar-refractivity contribution in [3.63, 3.8) is 0 Å². The lowest BCUT2D eigenvalue weighted by Crippen LogP contribution is -2.21. The Bertz CT molecular complexity index is 1350. The zero-order valence-electron chi connectivity index (χ0n) is 19.8. The molecule has 4 N–H and O–H groups in total. The number of amides is 1. The molecule has 0 unspecified atom stereocenters. The Balaban J connectivity index is 1.21. The number of fused-ring (bicyclic) bond motifs is 1. The second-order valence-corrected chi connectivity index (χ2v) is 8.47. The van der Waals surface area contributed by atoms with Crippen molar-refractivity contribution in [2.45, 2.75) is 25.5 Å². The van der Waals surface area contributed by atoms with Gasteiger partial charge in [0.2, 0.25) is 5.95 Å². The molecule has 182 valence electrons. The van der Waals surface area contributed by atoms with Gasteiger partial charge in [-0.2, -0.15) is 9.97 Å². The van der Waals surface area contributed by atoms with Gasteiger partial charge >= 0.3 is 12.0 Å². The molecule has 0 atom stereocenters. The quantitative estimate of drug-likeness (QED) is 0.323. The summed E-state index contributed by atoms with van der Waals surface area (Å²) in [6.07, 6.45) is 1.80. The third-order valence-corrected chi connectivity index (χ3v) is 5.95. The van der Waals surface area contributed by atoms with Gasteiger partial charge in [-0.15, -0.1) is 4.98 Å². The van der Waals surface area contributed by atoms with Gasteiger partial charge in [0.15, 0.2) is 0 Å². The number of anilines is 3. The van der Waals surface area contributed by atoms with E-state index in [1.807, 2.05) is 24.3 Å². The molecule has 0 bridgehead atoms. The van der Waals surface area contributed by atoms with E-state index in [9.17, 15) is 4.79 Å². The summed E-state index contributed by atoms with van der Waals surface area (Å²) >= 11 is 0. The number of carbonyl (C=O) groups is 1. The van der Waals surface area contributed by atoms with Crippen LogP contribution in [0, 0.1) is 0 Å². The van der Waals surface area contributed by atoms with E-state index in [-0.39, 0.29) is 30.6 Å². The normalized spacial score (nSPS) is 12.6. The molecule has 1 amide bonds. The number of para-hydroxylation sites is 2. The van der Waals surface area contributed by atoms with Crippen molar-refractivity contribution in [1.82, 2.24) is 15.0 Å². The highest BCUT2D eigenvalue weighted by atomic mass is 16.5. The lowest BCUT2D eigenvalue weighted by Gasteiger charge is -2.13.